The van der Waals surface area contributed by atoms with Gasteiger partial charge in [0.05, 0.1) is 12.0 Å². The number of aromatic amines is 1. The third-order valence-corrected chi connectivity index (χ3v) is 5.40. The summed E-state index contributed by atoms with van der Waals surface area (Å²) in [4.78, 5) is 32.8. The van der Waals surface area contributed by atoms with Crippen molar-refractivity contribution in [1.82, 2.24) is 20.2 Å². The quantitative estimate of drug-likeness (QED) is 0.854. The summed E-state index contributed by atoms with van der Waals surface area (Å²) >= 11 is 0. The van der Waals surface area contributed by atoms with Gasteiger partial charge < -0.3 is 19.9 Å². The molecule has 2 aliphatic rings. The van der Waals surface area contributed by atoms with Gasteiger partial charge in [0.1, 0.15) is 11.4 Å². The van der Waals surface area contributed by atoms with Crippen LogP contribution in [0.3, 0.4) is 0 Å². The minimum Gasteiger partial charge on any atom is -0.487 e. The van der Waals surface area contributed by atoms with Crippen molar-refractivity contribution in [2.75, 3.05) is 13.1 Å². The minimum absolute atomic E-state index is 0.0772. The van der Waals surface area contributed by atoms with E-state index in [0.29, 0.717) is 13.1 Å². The zero-order chi connectivity index (χ0) is 19.7. The zero-order valence-corrected chi connectivity index (χ0v) is 16.3. The molecule has 2 aliphatic heterocycles. The van der Waals surface area contributed by atoms with Crippen molar-refractivity contribution in [2.24, 2.45) is 0 Å². The van der Waals surface area contributed by atoms with Crippen molar-refractivity contribution in [3.05, 3.63) is 57.8 Å². The van der Waals surface area contributed by atoms with Crippen LogP contribution >= 0.6 is 0 Å². The Kier molecular flexibility index (Phi) is 4.83. The third-order valence-electron chi connectivity index (χ3n) is 5.40. The predicted octanol–water partition coefficient (Wildman–Crippen LogP) is 2.57. The first-order chi connectivity index (χ1) is 13.4. The molecule has 1 aromatic carbocycles. The molecule has 7 heteroatoms. The lowest BCUT2D eigenvalue weighted by molar-refractivity contribution is 0.138. The Labute approximate surface area is 164 Å². The van der Waals surface area contributed by atoms with Crippen LogP contribution in [0, 0.1) is 0 Å². The van der Waals surface area contributed by atoms with E-state index >= 15 is 0 Å². The lowest BCUT2D eigenvalue weighted by Gasteiger charge is -2.32. The Bertz CT molecular complexity index is 937. The van der Waals surface area contributed by atoms with Gasteiger partial charge in [0.15, 0.2) is 0 Å². The number of rotatable bonds is 3. The van der Waals surface area contributed by atoms with E-state index in [1.54, 1.807) is 0 Å². The first kappa shape index (κ1) is 18.5. The van der Waals surface area contributed by atoms with Crippen molar-refractivity contribution in [2.45, 2.75) is 51.2 Å². The summed E-state index contributed by atoms with van der Waals surface area (Å²) in [7, 11) is 0. The van der Waals surface area contributed by atoms with E-state index in [9.17, 15) is 9.59 Å². The Morgan fingerprint density at radius 3 is 3.07 bits per heavy atom. The number of nitrogens with zero attached hydrogens (tertiary/aromatic N) is 2. The second kappa shape index (κ2) is 7.30. The minimum atomic E-state index is -0.166. The fourth-order valence-corrected chi connectivity index (χ4v) is 4.07. The summed E-state index contributed by atoms with van der Waals surface area (Å²) in [5.41, 5.74) is 2.69. The molecule has 3 heterocycles. The maximum Gasteiger partial charge on any atom is 0.317 e. The van der Waals surface area contributed by atoms with E-state index in [4.69, 9.17) is 4.74 Å². The largest absolute Gasteiger partial charge is 0.487 e. The van der Waals surface area contributed by atoms with Crippen LogP contribution in [0.1, 0.15) is 49.4 Å². The van der Waals surface area contributed by atoms with E-state index < -0.39 is 0 Å². The molecule has 2 N–H and O–H groups in total. The van der Waals surface area contributed by atoms with Crippen LogP contribution in [0.25, 0.3) is 0 Å². The highest BCUT2D eigenvalue weighted by Crippen LogP contribution is 2.35. The van der Waals surface area contributed by atoms with Crippen LogP contribution in [0.15, 0.2) is 35.4 Å². The summed E-state index contributed by atoms with van der Waals surface area (Å²) in [5, 5.41) is 3.02. The number of amides is 2. The number of carbonyl (C=O) groups is 1. The Balaban J connectivity index is 1.36. The smallest absolute Gasteiger partial charge is 0.317 e. The molecule has 28 heavy (non-hydrogen) atoms. The number of carbonyl (C=O) groups excluding carboxylic acids is 1. The van der Waals surface area contributed by atoms with Gasteiger partial charge in [-0.2, -0.15) is 0 Å². The molecule has 2 aromatic rings. The molecule has 0 saturated carbocycles. The van der Waals surface area contributed by atoms with Gasteiger partial charge in [-0.25, -0.2) is 9.78 Å². The molecule has 0 aliphatic carbocycles. The van der Waals surface area contributed by atoms with E-state index in [1.165, 1.54) is 18.0 Å². The molecule has 1 atom stereocenters. The van der Waals surface area contributed by atoms with Gasteiger partial charge in [-0.05, 0) is 43.9 Å². The van der Waals surface area contributed by atoms with Crippen molar-refractivity contribution in [3.8, 4) is 5.75 Å². The SMILES string of the molecule is CC1(C)Cc2cc(CNC(=O)N3CCCC(c4cc(=O)[nH]cn4)C3)ccc2O1. The summed E-state index contributed by atoms with van der Waals surface area (Å²) < 4.78 is 5.91. The van der Waals surface area contributed by atoms with E-state index in [-0.39, 0.29) is 23.1 Å². The normalized spacial score (nSPS) is 20.4. The molecule has 148 valence electrons. The van der Waals surface area contributed by atoms with Crippen molar-refractivity contribution < 1.29 is 9.53 Å². The lowest BCUT2D eigenvalue weighted by Crippen LogP contribution is -2.44. The number of H-pyrrole nitrogens is 1. The molecule has 4 rings (SSSR count). The molecule has 2 amide bonds. The molecule has 0 spiro atoms. The van der Waals surface area contributed by atoms with E-state index in [0.717, 1.165) is 42.8 Å². The number of likely N-dealkylation sites (tertiary alicyclic amines) is 1. The maximum atomic E-state index is 12.7. The first-order valence-corrected chi connectivity index (χ1v) is 9.78. The summed E-state index contributed by atoms with van der Waals surface area (Å²) in [5.74, 6) is 1.03. The Morgan fingerprint density at radius 1 is 1.39 bits per heavy atom. The molecule has 0 bridgehead atoms. The molecule has 7 nitrogen and oxygen atoms in total. The highest BCUT2D eigenvalue weighted by Gasteiger charge is 2.30. The maximum absolute atomic E-state index is 12.7. The fraction of sp³-hybridized carbons (Fsp3) is 0.476. The van der Waals surface area contributed by atoms with Crippen molar-refractivity contribution >= 4 is 6.03 Å². The van der Waals surface area contributed by atoms with Crippen LogP contribution in [-0.4, -0.2) is 39.6 Å². The number of ether oxygens (including phenoxy) is 1. The van der Waals surface area contributed by atoms with Crippen LogP contribution in [-0.2, 0) is 13.0 Å². The lowest BCUT2D eigenvalue weighted by atomic mass is 9.95. The number of fused-ring (bicyclic) bond motifs is 1. The highest BCUT2D eigenvalue weighted by molar-refractivity contribution is 5.74. The number of nitrogens with one attached hydrogen (secondary N) is 2. The van der Waals surface area contributed by atoms with Crippen molar-refractivity contribution in [1.29, 1.82) is 0 Å². The van der Waals surface area contributed by atoms with E-state index in [2.05, 4.69) is 35.2 Å². The average Bonchev–Trinajstić information content (AvgIpc) is 2.99. The van der Waals surface area contributed by atoms with Gasteiger partial charge >= 0.3 is 6.03 Å². The third kappa shape index (κ3) is 4.03. The fourth-order valence-electron chi connectivity index (χ4n) is 4.07. The first-order valence-electron chi connectivity index (χ1n) is 9.78. The monoisotopic (exact) mass is 382 g/mol. The van der Waals surface area contributed by atoms with Crippen LogP contribution in [0.2, 0.25) is 0 Å². The van der Waals surface area contributed by atoms with Gasteiger partial charge in [0.2, 0.25) is 0 Å². The van der Waals surface area contributed by atoms with Crippen LogP contribution in [0.4, 0.5) is 4.79 Å². The topological polar surface area (TPSA) is 87.3 Å². The summed E-state index contributed by atoms with van der Waals surface area (Å²) in [6, 6.07) is 7.55. The van der Waals surface area contributed by atoms with Crippen LogP contribution < -0.4 is 15.6 Å². The number of urea groups is 1. The molecule has 1 saturated heterocycles. The highest BCUT2D eigenvalue weighted by atomic mass is 16.5. The molecular formula is C21H26N4O3. The predicted molar refractivity (Wildman–Crippen MR) is 105 cm³/mol. The van der Waals surface area contributed by atoms with Gasteiger partial charge in [0.25, 0.3) is 5.56 Å². The average molecular weight is 382 g/mol. The summed E-state index contributed by atoms with van der Waals surface area (Å²) in [6.45, 7) is 5.94. The zero-order valence-electron chi connectivity index (χ0n) is 16.3. The van der Waals surface area contributed by atoms with Gasteiger partial charge in [-0.15, -0.1) is 0 Å². The second-order valence-corrected chi connectivity index (χ2v) is 8.26. The van der Waals surface area contributed by atoms with Crippen molar-refractivity contribution in [3.63, 3.8) is 0 Å². The molecule has 0 radical (unpaired) electrons. The van der Waals surface area contributed by atoms with E-state index in [1.807, 2.05) is 17.0 Å². The number of piperidine rings is 1. The number of hydrogen-bond donors (Lipinski definition) is 2. The standard InChI is InChI=1S/C21H26N4O3/c1-21(2)10-16-8-14(5-6-18(16)28-21)11-22-20(27)25-7-3-4-15(12-25)17-9-19(26)24-13-23-17/h5-6,8-9,13,15H,3-4,7,10-12H2,1-2H3,(H,22,27)(H,23,24,26). The molecule has 1 fully saturated rings. The second-order valence-electron chi connectivity index (χ2n) is 8.26. The number of aromatic nitrogens is 2. The van der Waals surface area contributed by atoms with Gasteiger partial charge in [-0.1, -0.05) is 12.1 Å². The van der Waals surface area contributed by atoms with Gasteiger partial charge in [0, 0.05) is 38.0 Å². The Morgan fingerprint density at radius 2 is 2.25 bits per heavy atom. The molecule has 1 aromatic heterocycles. The van der Waals surface area contributed by atoms with Crippen LogP contribution in [0.5, 0.6) is 5.75 Å². The number of hydrogen-bond acceptors (Lipinski definition) is 4. The molecular weight excluding hydrogens is 356 g/mol. The summed E-state index contributed by atoms with van der Waals surface area (Å²) in [6.07, 6.45) is 4.13. The molecule has 1 unspecified atom stereocenters. The van der Waals surface area contributed by atoms with Gasteiger partial charge in [-0.3, -0.25) is 4.79 Å². The Hall–Kier alpha value is -2.83. The number of benzene rings is 1.